The monoisotopic (exact) mass is 423 g/mol. The van der Waals surface area contributed by atoms with Gasteiger partial charge in [-0.2, -0.15) is 0 Å². The SMILES string of the molecule is CC(C)c1ccc(N=C(C=CSc2ccccc2)Oc2cccc3ccccc23)cc1. The highest BCUT2D eigenvalue weighted by molar-refractivity contribution is 8.02. The molecule has 4 aromatic rings. The molecule has 0 atom stereocenters. The van der Waals surface area contributed by atoms with Crippen LogP contribution in [0.25, 0.3) is 10.8 Å². The van der Waals surface area contributed by atoms with Gasteiger partial charge >= 0.3 is 0 Å². The van der Waals surface area contributed by atoms with Crippen molar-refractivity contribution < 1.29 is 4.74 Å². The van der Waals surface area contributed by atoms with E-state index in [-0.39, 0.29) is 0 Å². The third kappa shape index (κ3) is 5.65. The van der Waals surface area contributed by atoms with Gasteiger partial charge in [0.25, 0.3) is 0 Å². The van der Waals surface area contributed by atoms with Crippen LogP contribution in [-0.4, -0.2) is 5.90 Å². The summed E-state index contributed by atoms with van der Waals surface area (Å²) in [5.74, 6) is 1.84. The van der Waals surface area contributed by atoms with Crippen molar-refractivity contribution in [2.24, 2.45) is 4.99 Å². The van der Waals surface area contributed by atoms with Crippen molar-refractivity contribution >= 4 is 34.1 Å². The fraction of sp³-hybridized carbons (Fsp3) is 0.107. The topological polar surface area (TPSA) is 21.6 Å². The minimum Gasteiger partial charge on any atom is -0.438 e. The Bertz CT molecular complexity index is 1190. The lowest BCUT2D eigenvalue weighted by atomic mass is 10.0. The Morgan fingerprint density at radius 1 is 0.806 bits per heavy atom. The summed E-state index contributed by atoms with van der Waals surface area (Å²) in [6.45, 7) is 4.38. The summed E-state index contributed by atoms with van der Waals surface area (Å²) in [6, 6.07) is 32.9. The molecular weight excluding hydrogens is 398 g/mol. The quantitative estimate of drug-likeness (QED) is 0.176. The van der Waals surface area contributed by atoms with Crippen LogP contribution in [-0.2, 0) is 0 Å². The Balaban J connectivity index is 1.64. The van der Waals surface area contributed by atoms with E-state index in [1.54, 1.807) is 11.8 Å². The molecule has 0 amide bonds. The van der Waals surface area contributed by atoms with Crippen molar-refractivity contribution in [2.75, 3.05) is 0 Å². The maximum atomic E-state index is 6.30. The highest BCUT2D eigenvalue weighted by atomic mass is 32.2. The third-order valence-corrected chi connectivity index (χ3v) is 5.74. The average Bonchev–Trinajstić information content (AvgIpc) is 2.80. The molecule has 31 heavy (non-hydrogen) atoms. The van der Waals surface area contributed by atoms with E-state index < -0.39 is 0 Å². The normalized spacial score (nSPS) is 12.0. The van der Waals surface area contributed by atoms with E-state index in [1.807, 2.05) is 66.1 Å². The molecule has 0 aliphatic rings. The first-order valence-electron chi connectivity index (χ1n) is 10.4. The predicted molar refractivity (Wildman–Crippen MR) is 134 cm³/mol. The van der Waals surface area contributed by atoms with Crippen LogP contribution >= 0.6 is 11.8 Å². The van der Waals surface area contributed by atoms with Gasteiger partial charge in [-0.15, -0.1) is 0 Å². The second kappa shape index (κ2) is 10.1. The van der Waals surface area contributed by atoms with Gasteiger partial charge in [-0.05, 0) is 52.6 Å². The zero-order chi connectivity index (χ0) is 21.5. The van der Waals surface area contributed by atoms with E-state index in [4.69, 9.17) is 9.73 Å². The van der Waals surface area contributed by atoms with Gasteiger partial charge in [-0.3, -0.25) is 0 Å². The number of fused-ring (bicyclic) bond motifs is 1. The van der Waals surface area contributed by atoms with Crippen LogP contribution in [0, 0.1) is 0 Å². The predicted octanol–water partition coefficient (Wildman–Crippen LogP) is 8.38. The van der Waals surface area contributed by atoms with Crippen LogP contribution in [0.4, 0.5) is 5.69 Å². The maximum absolute atomic E-state index is 6.30. The Hall–Kier alpha value is -3.30. The van der Waals surface area contributed by atoms with Gasteiger partial charge < -0.3 is 4.74 Å². The molecular formula is C28H25NOS. The lowest BCUT2D eigenvalue weighted by Gasteiger charge is -2.10. The van der Waals surface area contributed by atoms with Crippen LogP contribution in [0.2, 0.25) is 0 Å². The Morgan fingerprint density at radius 3 is 2.29 bits per heavy atom. The van der Waals surface area contributed by atoms with Gasteiger partial charge in [-0.1, -0.05) is 92.3 Å². The molecule has 0 saturated carbocycles. The van der Waals surface area contributed by atoms with Gasteiger partial charge in [0.2, 0.25) is 5.90 Å². The van der Waals surface area contributed by atoms with Crippen molar-refractivity contribution in [3.05, 3.63) is 114 Å². The van der Waals surface area contributed by atoms with E-state index >= 15 is 0 Å². The van der Waals surface area contributed by atoms with E-state index in [0.717, 1.165) is 22.2 Å². The second-order valence-electron chi connectivity index (χ2n) is 7.51. The number of rotatable bonds is 6. The molecule has 0 unspecified atom stereocenters. The molecule has 0 aromatic heterocycles. The standard InChI is InChI=1S/C28H25NOS/c1-21(2)22-15-17-24(18-16-22)29-28(19-20-31-25-11-4-3-5-12-25)30-27-14-8-10-23-9-6-7-13-26(23)27/h3-21H,1-2H3. The van der Waals surface area contributed by atoms with Crippen LogP contribution < -0.4 is 4.74 Å². The summed E-state index contributed by atoms with van der Waals surface area (Å²) in [6.07, 6.45) is 1.93. The van der Waals surface area contributed by atoms with Crippen LogP contribution in [0.5, 0.6) is 5.75 Å². The van der Waals surface area contributed by atoms with Crippen molar-refractivity contribution in [1.82, 2.24) is 0 Å². The van der Waals surface area contributed by atoms with Crippen molar-refractivity contribution in [3.63, 3.8) is 0 Å². The number of ether oxygens (including phenoxy) is 1. The first kappa shape index (κ1) is 21.0. The molecule has 0 N–H and O–H groups in total. The summed E-state index contributed by atoms with van der Waals surface area (Å²) in [5, 5.41) is 4.22. The Morgan fingerprint density at radius 2 is 1.52 bits per heavy atom. The smallest absolute Gasteiger partial charge is 0.220 e. The number of hydrogen-bond acceptors (Lipinski definition) is 3. The molecule has 4 rings (SSSR count). The molecule has 0 spiro atoms. The highest BCUT2D eigenvalue weighted by Gasteiger charge is 2.06. The summed E-state index contributed by atoms with van der Waals surface area (Å²) < 4.78 is 6.30. The van der Waals surface area contributed by atoms with Gasteiger partial charge in [0.15, 0.2) is 0 Å². The minimum atomic E-state index is 0.492. The molecule has 0 heterocycles. The Labute approximate surface area is 188 Å². The van der Waals surface area contributed by atoms with Gasteiger partial charge in [0.05, 0.1) is 5.69 Å². The fourth-order valence-electron chi connectivity index (χ4n) is 3.22. The fourth-order valence-corrected chi connectivity index (χ4v) is 3.88. The lowest BCUT2D eigenvalue weighted by Crippen LogP contribution is -2.05. The molecule has 2 nitrogen and oxygen atoms in total. The number of aliphatic imine (C=N–C) groups is 1. The zero-order valence-electron chi connectivity index (χ0n) is 17.7. The molecule has 0 aliphatic heterocycles. The molecule has 0 bridgehead atoms. The molecule has 0 radical (unpaired) electrons. The van der Waals surface area contributed by atoms with Crippen molar-refractivity contribution in [1.29, 1.82) is 0 Å². The summed E-state index contributed by atoms with van der Waals surface area (Å²) >= 11 is 1.64. The highest BCUT2D eigenvalue weighted by Crippen LogP contribution is 2.27. The van der Waals surface area contributed by atoms with Crippen molar-refractivity contribution in [3.8, 4) is 5.75 Å². The number of thioether (sulfide) groups is 1. The largest absolute Gasteiger partial charge is 0.438 e. The van der Waals surface area contributed by atoms with Crippen LogP contribution in [0.1, 0.15) is 25.3 Å². The third-order valence-electron chi connectivity index (χ3n) is 4.92. The molecule has 0 fully saturated rings. The molecule has 154 valence electrons. The summed E-state index contributed by atoms with van der Waals surface area (Å²) in [4.78, 5) is 5.96. The second-order valence-corrected chi connectivity index (χ2v) is 8.49. The molecule has 4 aromatic carbocycles. The van der Waals surface area contributed by atoms with E-state index in [2.05, 4.69) is 56.3 Å². The average molecular weight is 424 g/mol. The van der Waals surface area contributed by atoms with Crippen molar-refractivity contribution in [2.45, 2.75) is 24.7 Å². The molecule has 0 saturated heterocycles. The van der Waals surface area contributed by atoms with Gasteiger partial charge in [0, 0.05) is 16.4 Å². The summed E-state index contributed by atoms with van der Waals surface area (Å²) in [5.41, 5.74) is 2.17. The first-order chi connectivity index (χ1) is 15.2. The number of nitrogens with zero attached hydrogens (tertiary/aromatic N) is 1. The van der Waals surface area contributed by atoms with E-state index in [9.17, 15) is 0 Å². The number of hydrogen-bond donors (Lipinski definition) is 0. The maximum Gasteiger partial charge on any atom is 0.220 e. The summed E-state index contributed by atoms with van der Waals surface area (Å²) in [7, 11) is 0. The van der Waals surface area contributed by atoms with E-state index in [0.29, 0.717) is 11.8 Å². The van der Waals surface area contributed by atoms with Crippen LogP contribution in [0.15, 0.2) is 118 Å². The van der Waals surface area contributed by atoms with Gasteiger partial charge in [0.1, 0.15) is 5.75 Å². The van der Waals surface area contributed by atoms with Gasteiger partial charge in [-0.25, -0.2) is 4.99 Å². The number of benzene rings is 4. The van der Waals surface area contributed by atoms with Crippen LogP contribution in [0.3, 0.4) is 0 Å². The molecule has 3 heteroatoms. The Kier molecular flexibility index (Phi) is 6.85. The van der Waals surface area contributed by atoms with E-state index in [1.165, 1.54) is 10.5 Å². The zero-order valence-corrected chi connectivity index (χ0v) is 18.5. The molecule has 0 aliphatic carbocycles. The lowest BCUT2D eigenvalue weighted by molar-refractivity contribution is 0.562. The first-order valence-corrected chi connectivity index (χ1v) is 11.3. The minimum absolute atomic E-state index is 0.492.